The monoisotopic (exact) mass is 374 g/mol. The van der Waals surface area contributed by atoms with E-state index in [1.54, 1.807) is 5.32 Å². The van der Waals surface area contributed by atoms with Gasteiger partial charge in [0.05, 0.1) is 11.4 Å². The molecule has 0 aliphatic carbocycles. The summed E-state index contributed by atoms with van der Waals surface area (Å²) in [5, 5.41) is 1.68. The lowest BCUT2D eigenvalue weighted by Crippen LogP contribution is -2.30. The van der Waals surface area contributed by atoms with Crippen molar-refractivity contribution in [1.29, 1.82) is 0 Å². The molecule has 1 aromatic carbocycles. The Labute approximate surface area is 121 Å². The van der Waals surface area contributed by atoms with Gasteiger partial charge in [-0.05, 0) is 40.7 Å². The van der Waals surface area contributed by atoms with E-state index in [1.807, 2.05) is 0 Å². The Hall–Kier alpha value is -1.13. The predicted octanol–water partition coefficient (Wildman–Crippen LogP) is 2.00. The van der Waals surface area contributed by atoms with Gasteiger partial charge in [-0.2, -0.15) is 13.2 Å². The zero-order valence-corrected chi connectivity index (χ0v) is 12.5. The molecule has 0 radical (unpaired) electrons. The van der Waals surface area contributed by atoms with Gasteiger partial charge >= 0.3 is 12.1 Å². The zero-order valence-electron chi connectivity index (χ0n) is 10.1. The van der Waals surface area contributed by atoms with Crippen LogP contribution in [0.4, 0.5) is 18.9 Å². The second kappa shape index (κ2) is 6.10. The van der Waals surface area contributed by atoms with E-state index in [4.69, 9.17) is 0 Å². The van der Waals surface area contributed by atoms with Crippen LogP contribution in [0.1, 0.15) is 5.56 Å². The van der Waals surface area contributed by atoms with Crippen LogP contribution in [-0.2, 0) is 20.6 Å². The first-order chi connectivity index (χ1) is 9.05. The van der Waals surface area contributed by atoms with E-state index >= 15 is 0 Å². The van der Waals surface area contributed by atoms with Gasteiger partial charge in [-0.3, -0.25) is 4.79 Å². The Bertz CT molecular complexity index is 617. The molecule has 20 heavy (non-hydrogen) atoms. The molecule has 1 rings (SSSR count). The summed E-state index contributed by atoms with van der Waals surface area (Å²) >= 11 is 2.97. The lowest BCUT2D eigenvalue weighted by molar-refractivity contribution is -0.167. The lowest BCUT2D eigenvalue weighted by atomic mass is 10.2. The van der Waals surface area contributed by atoms with Crippen molar-refractivity contribution in [3.8, 4) is 0 Å². The second-order valence-corrected chi connectivity index (χ2v) is 6.51. The third kappa shape index (κ3) is 4.76. The maximum Gasteiger partial charge on any atom is 0.471 e. The largest absolute Gasteiger partial charge is 0.471 e. The highest BCUT2D eigenvalue weighted by Crippen LogP contribution is 2.26. The minimum atomic E-state index is -4.99. The normalized spacial score (nSPS) is 12.2. The Morgan fingerprint density at radius 2 is 1.95 bits per heavy atom. The van der Waals surface area contributed by atoms with Crippen LogP contribution in [0.15, 0.2) is 22.7 Å². The van der Waals surface area contributed by atoms with E-state index in [1.165, 1.54) is 25.2 Å². The highest BCUT2D eigenvalue weighted by Gasteiger charge is 2.38. The molecule has 2 N–H and O–H groups in total. The number of amides is 1. The Morgan fingerprint density at radius 3 is 2.40 bits per heavy atom. The number of rotatable bonds is 4. The van der Waals surface area contributed by atoms with Crippen LogP contribution in [0.2, 0.25) is 0 Å². The number of carbonyl (C=O) groups excluding carboxylic acids is 1. The SMILES string of the molecule is CNS(=O)(=O)Cc1ccc(NC(=O)C(F)(F)F)c(Br)c1. The van der Waals surface area contributed by atoms with Gasteiger partial charge in [0.2, 0.25) is 10.0 Å². The third-order valence-corrected chi connectivity index (χ3v) is 4.20. The number of hydrogen-bond acceptors (Lipinski definition) is 3. The zero-order chi connectivity index (χ0) is 15.6. The average Bonchev–Trinajstić information content (AvgIpc) is 2.31. The minimum Gasteiger partial charge on any atom is -0.317 e. The molecule has 0 saturated heterocycles. The molecule has 0 spiro atoms. The van der Waals surface area contributed by atoms with E-state index in [9.17, 15) is 26.4 Å². The molecule has 0 aliphatic heterocycles. The number of carbonyl (C=O) groups is 1. The van der Waals surface area contributed by atoms with Gasteiger partial charge < -0.3 is 5.32 Å². The third-order valence-electron chi connectivity index (χ3n) is 2.21. The molecular formula is C10H10BrF3N2O3S. The number of halogens is 4. The minimum absolute atomic E-state index is 0.0991. The first-order valence-corrected chi connectivity index (χ1v) is 7.57. The molecule has 0 aromatic heterocycles. The number of alkyl halides is 3. The van der Waals surface area contributed by atoms with Crippen molar-refractivity contribution in [3.63, 3.8) is 0 Å². The van der Waals surface area contributed by atoms with Crippen LogP contribution in [0.5, 0.6) is 0 Å². The van der Waals surface area contributed by atoms with Gasteiger partial charge in [0.25, 0.3) is 0 Å². The molecule has 0 aliphatic rings. The maximum absolute atomic E-state index is 12.1. The van der Waals surface area contributed by atoms with Crippen molar-refractivity contribution < 1.29 is 26.4 Å². The van der Waals surface area contributed by atoms with Crippen LogP contribution in [0.25, 0.3) is 0 Å². The summed E-state index contributed by atoms with van der Waals surface area (Å²) in [6.45, 7) is 0. The van der Waals surface area contributed by atoms with Crippen LogP contribution in [0, 0.1) is 0 Å². The van der Waals surface area contributed by atoms with Crippen LogP contribution in [-0.4, -0.2) is 27.5 Å². The van der Waals surface area contributed by atoms with Crippen molar-refractivity contribution >= 4 is 37.5 Å². The van der Waals surface area contributed by atoms with E-state index < -0.39 is 22.1 Å². The quantitative estimate of drug-likeness (QED) is 0.846. The van der Waals surface area contributed by atoms with Crippen LogP contribution >= 0.6 is 15.9 Å². The van der Waals surface area contributed by atoms with Crippen molar-refractivity contribution in [2.24, 2.45) is 0 Å². The van der Waals surface area contributed by atoms with Crippen molar-refractivity contribution in [2.75, 3.05) is 12.4 Å². The summed E-state index contributed by atoms with van der Waals surface area (Å²) in [5.41, 5.74) is 0.258. The average molecular weight is 375 g/mol. The van der Waals surface area contributed by atoms with E-state index in [0.29, 0.717) is 5.56 Å². The number of anilines is 1. The Morgan fingerprint density at radius 1 is 1.35 bits per heavy atom. The lowest BCUT2D eigenvalue weighted by Gasteiger charge is -2.11. The molecule has 0 heterocycles. The standard InChI is InChI=1S/C10H10BrF3N2O3S/c1-15-20(18,19)5-6-2-3-8(7(11)4-6)16-9(17)10(12,13)14/h2-4,15H,5H2,1H3,(H,16,17). The van der Waals surface area contributed by atoms with Gasteiger partial charge in [-0.1, -0.05) is 6.07 Å². The fraction of sp³-hybridized carbons (Fsp3) is 0.300. The number of benzene rings is 1. The molecule has 5 nitrogen and oxygen atoms in total. The molecule has 0 fully saturated rings. The number of hydrogen-bond donors (Lipinski definition) is 2. The van der Waals surface area contributed by atoms with Gasteiger partial charge in [-0.25, -0.2) is 13.1 Å². The van der Waals surface area contributed by atoms with Gasteiger partial charge in [-0.15, -0.1) is 0 Å². The molecule has 0 saturated carbocycles. The Kier molecular flexibility index (Phi) is 5.16. The van der Waals surface area contributed by atoms with Gasteiger partial charge in [0.15, 0.2) is 0 Å². The van der Waals surface area contributed by atoms with Gasteiger partial charge in [0.1, 0.15) is 0 Å². The summed E-state index contributed by atoms with van der Waals surface area (Å²) in [4.78, 5) is 10.8. The van der Waals surface area contributed by atoms with Crippen molar-refractivity contribution in [2.45, 2.75) is 11.9 Å². The first-order valence-electron chi connectivity index (χ1n) is 5.13. The molecule has 1 aromatic rings. The topological polar surface area (TPSA) is 75.3 Å². The molecular weight excluding hydrogens is 365 g/mol. The molecule has 112 valence electrons. The molecule has 0 atom stereocenters. The highest BCUT2D eigenvalue weighted by atomic mass is 79.9. The molecule has 0 unspecified atom stereocenters. The summed E-state index contributed by atoms with van der Waals surface area (Å²) in [6, 6.07) is 3.82. The molecule has 0 bridgehead atoms. The van der Waals surface area contributed by atoms with Gasteiger partial charge in [0, 0.05) is 4.47 Å². The smallest absolute Gasteiger partial charge is 0.317 e. The van der Waals surface area contributed by atoms with E-state index in [2.05, 4.69) is 20.7 Å². The van der Waals surface area contributed by atoms with Crippen LogP contribution < -0.4 is 10.0 Å². The fourth-order valence-electron chi connectivity index (χ4n) is 1.23. The summed E-state index contributed by atoms with van der Waals surface area (Å²) in [5.74, 6) is -2.43. The Balaban J connectivity index is 2.92. The fourth-order valence-corrected chi connectivity index (χ4v) is 2.52. The highest BCUT2D eigenvalue weighted by molar-refractivity contribution is 9.10. The molecule has 1 amide bonds. The number of nitrogens with one attached hydrogen (secondary N) is 2. The van der Waals surface area contributed by atoms with Crippen molar-refractivity contribution in [3.05, 3.63) is 28.2 Å². The van der Waals surface area contributed by atoms with Crippen molar-refractivity contribution in [1.82, 2.24) is 4.72 Å². The summed E-state index contributed by atoms with van der Waals surface area (Å²) in [6.07, 6.45) is -4.99. The summed E-state index contributed by atoms with van der Waals surface area (Å²) < 4.78 is 61.2. The number of sulfonamides is 1. The predicted molar refractivity (Wildman–Crippen MR) is 70.5 cm³/mol. The summed E-state index contributed by atoms with van der Waals surface area (Å²) in [7, 11) is -2.23. The molecule has 10 heteroatoms. The van der Waals surface area contributed by atoms with E-state index in [-0.39, 0.29) is 15.9 Å². The maximum atomic E-state index is 12.1. The first kappa shape index (κ1) is 16.9. The van der Waals surface area contributed by atoms with Crippen LogP contribution in [0.3, 0.4) is 0 Å². The van der Waals surface area contributed by atoms with E-state index in [0.717, 1.165) is 0 Å². The second-order valence-electron chi connectivity index (χ2n) is 3.73.